The molecule has 2 aromatic carbocycles. The number of carbonyl (C=O) groups excluding carboxylic acids is 1. The van der Waals surface area contributed by atoms with Gasteiger partial charge in [0.15, 0.2) is 11.5 Å². The second-order valence-corrected chi connectivity index (χ2v) is 6.48. The van der Waals surface area contributed by atoms with Crippen LogP contribution in [-0.4, -0.2) is 43.8 Å². The third-order valence-corrected chi connectivity index (χ3v) is 4.86. The molecule has 1 amide bonds. The highest BCUT2D eigenvalue weighted by Crippen LogP contribution is 2.38. The normalized spacial score (nSPS) is 19.3. The van der Waals surface area contributed by atoms with Gasteiger partial charge in [-0.1, -0.05) is 30.3 Å². The first-order valence-corrected chi connectivity index (χ1v) is 8.77. The van der Waals surface area contributed by atoms with Crippen LogP contribution in [0.4, 0.5) is 0 Å². The Labute approximate surface area is 152 Å². The van der Waals surface area contributed by atoms with Crippen LogP contribution < -0.4 is 19.5 Å². The first-order chi connectivity index (χ1) is 12.7. The second kappa shape index (κ2) is 7.25. The highest BCUT2D eigenvalue weighted by molar-refractivity contribution is 5.82. The Morgan fingerprint density at radius 1 is 1.19 bits per heavy atom. The van der Waals surface area contributed by atoms with E-state index >= 15 is 0 Å². The van der Waals surface area contributed by atoms with Gasteiger partial charge in [0.1, 0.15) is 5.75 Å². The number of nitrogens with one attached hydrogen (secondary N) is 1. The fraction of sp³-hybridized carbons (Fsp3) is 0.350. The zero-order valence-electron chi connectivity index (χ0n) is 14.7. The van der Waals surface area contributed by atoms with Crippen molar-refractivity contribution in [2.45, 2.75) is 19.0 Å². The van der Waals surface area contributed by atoms with Crippen LogP contribution in [0.5, 0.6) is 17.2 Å². The van der Waals surface area contributed by atoms with Crippen LogP contribution in [0.2, 0.25) is 0 Å². The van der Waals surface area contributed by atoms with E-state index in [1.165, 1.54) is 0 Å². The summed E-state index contributed by atoms with van der Waals surface area (Å²) in [6, 6.07) is 13.7. The summed E-state index contributed by atoms with van der Waals surface area (Å²) in [6.07, 6.45) is 0.680. The van der Waals surface area contributed by atoms with Gasteiger partial charge < -0.3 is 19.5 Å². The van der Waals surface area contributed by atoms with Crippen LogP contribution in [0.1, 0.15) is 11.1 Å². The lowest BCUT2D eigenvalue weighted by Gasteiger charge is -2.35. The summed E-state index contributed by atoms with van der Waals surface area (Å²) in [7, 11) is 1.64. The Bertz CT molecular complexity index is 794. The van der Waals surface area contributed by atoms with E-state index < -0.39 is 0 Å². The van der Waals surface area contributed by atoms with E-state index in [4.69, 9.17) is 14.2 Å². The number of ether oxygens (including phenoxy) is 3. The first-order valence-electron chi connectivity index (χ1n) is 8.77. The van der Waals surface area contributed by atoms with Crippen molar-refractivity contribution in [1.29, 1.82) is 0 Å². The number of hydrogen-bond acceptors (Lipinski definition) is 5. The first kappa shape index (κ1) is 16.7. The zero-order chi connectivity index (χ0) is 17.9. The molecule has 0 radical (unpaired) electrons. The summed E-state index contributed by atoms with van der Waals surface area (Å²) in [5.74, 6) is 2.24. The fourth-order valence-corrected chi connectivity index (χ4v) is 3.51. The third-order valence-electron chi connectivity index (χ3n) is 4.86. The summed E-state index contributed by atoms with van der Waals surface area (Å²) in [5, 5.41) is 2.98. The van der Waals surface area contributed by atoms with Crippen molar-refractivity contribution < 1.29 is 19.0 Å². The minimum Gasteiger partial charge on any atom is -0.496 e. The minimum absolute atomic E-state index is 0.0693. The summed E-state index contributed by atoms with van der Waals surface area (Å²) < 4.78 is 16.4. The number of hydrogen-bond donors (Lipinski definition) is 1. The van der Waals surface area contributed by atoms with E-state index in [1.54, 1.807) is 7.11 Å². The SMILES string of the molecule is COc1cc2c(cc1CN1CCNC(=O)[C@H]1Cc1ccccc1)OCO2. The van der Waals surface area contributed by atoms with E-state index in [0.29, 0.717) is 25.3 Å². The van der Waals surface area contributed by atoms with Gasteiger partial charge in [-0.15, -0.1) is 0 Å². The molecule has 0 spiro atoms. The van der Waals surface area contributed by atoms with Gasteiger partial charge in [0.05, 0.1) is 13.2 Å². The van der Waals surface area contributed by atoms with Gasteiger partial charge in [0.2, 0.25) is 12.7 Å². The molecular weight excluding hydrogens is 332 g/mol. The molecule has 0 bridgehead atoms. The van der Waals surface area contributed by atoms with E-state index in [9.17, 15) is 4.79 Å². The molecule has 6 nitrogen and oxygen atoms in total. The van der Waals surface area contributed by atoms with Crippen LogP contribution in [-0.2, 0) is 17.8 Å². The molecule has 2 aliphatic rings. The van der Waals surface area contributed by atoms with E-state index in [2.05, 4.69) is 22.3 Å². The summed E-state index contributed by atoms with van der Waals surface area (Å²) in [6.45, 7) is 2.28. The van der Waals surface area contributed by atoms with Gasteiger partial charge in [-0.3, -0.25) is 9.69 Å². The third kappa shape index (κ3) is 3.32. The molecule has 2 heterocycles. The Morgan fingerprint density at radius 2 is 1.96 bits per heavy atom. The number of nitrogens with zero attached hydrogens (tertiary/aromatic N) is 1. The van der Waals surface area contributed by atoms with E-state index in [-0.39, 0.29) is 18.7 Å². The Balaban J connectivity index is 1.58. The highest BCUT2D eigenvalue weighted by atomic mass is 16.7. The average Bonchev–Trinajstić information content (AvgIpc) is 3.12. The van der Waals surface area contributed by atoms with Gasteiger partial charge in [-0.2, -0.15) is 0 Å². The number of amides is 1. The molecule has 0 aromatic heterocycles. The predicted molar refractivity (Wildman–Crippen MR) is 96.5 cm³/mol. The fourth-order valence-electron chi connectivity index (χ4n) is 3.51. The maximum atomic E-state index is 12.5. The molecule has 26 heavy (non-hydrogen) atoms. The lowest BCUT2D eigenvalue weighted by Crippen LogP contribution is -2.55. The van der Waals surface area contributed by atoms with Crippen molar-refractivity contribution in [2.24, 2.45) is 0 Å². The summed E-state index contributed by atoms with van der Waals surface area (Å²) in [5.41, 5.74) is 2.14. The van der Waals surface area contributed by atoms with Crippen LogP contribution in [0.25, 0.3) is 0 Å². The Kier molecular flexibility index (Phi) is 4.67. The van der Waals surface area contributed by atoms with Crippen LogP contribution in [0.3, 0.4) is 0 Å². The predicted octanol–water partition coefficient (Wildman–Crippen LogP) is 1.97. The number of fused-ring (bicyclic) bond motifs is 1. The molecule has 6 heteroatoms. The molecule has 1 N–H and O–H groups in total. The molecule has 1 atom stereocenters. The summed E-state index contributed by atoms with van der Waals surface area (Å²) in [4.78, 5) is 14.7. The van der Waals surface area contributed by atoms with Crippen molar-refractivity contribution in [3.05, 3.63) is 53.6 Å². The molecule has 2 aliphatic heterocycles. The van der Waals surface area contributed by atoms with Crippen molar-refractivity contribution >= 4 is 5.91 Å². The molecule has 0 aliphatic carbocycles. The molecule has 0 saturated carbocycles. The molecule has 0 unspecified atom stereocenters. The Hall–Kier alpha value is -2.73. The van der Waals surface area contributed by atoms with Crippen molar-refractivity contribution in [2.75, 3.05) is 27.0 Å². The maximum absolute atomic E-state index is 12.5. The zero-order valence-corrected chi connectivity index (χ0v) is 14.7. The van der Waals surface area contributed by atoms with Gasteiger partial charge >= 0.3 is 0 Å². The summed E-state index contributed by atoms with van der Waals surface area (Å²) >= 11 is 0. The standard InChI is InChI=1S/C20H22N2O4/c1-24-17-11-19-18(25-13-26-19)10-15(17)12-22-8-7-21-20(23)16(22)9-14-5-3-2-4-6-14/h2-6,10-11,16H,7-9,12-13H2,1H3,(H,21,23)/t16-/m1/s1. The number of benzene rings is 2. The molecule has 136 valence electrons. The topological polar surface area (TPSA) is 60.0 Å². The van der Waals surface area contributed by atoms with Crippen molar-refractivity contribution in [1.82, 2.24) is 10.2 Å². The lowest BCUT2D eigenvalue weighted by molar-refractivity contribution is -0.129. The molecule has 1 saturated heterocycles. The van der Waals surface area contributed by atoms with Crippen molar-refractivity contribution in [3.8, 4) is 17.2 Å². The smallest absolute Gasteiger partial charge is 0.237 e. The maximum Gasteiger partial charge on any atom is 0.237 e. The number of carbonyl (C=O) groups is 1. The van der Waals surface area contributed by atoms with Gasteiger partial charge in [-0.25, -0.2) is 0 Å². The highest BCUT2D eigenvalue weighted by Gasteiger charge is 2.31. The van der Waals surface area contributed by atoms with Crippen LogP contribution >= 0.6 is 0 Å². The van der Waals surface area contributed by atoms with E-state index in [1.807, 2.05) is 30.3 Å². The van der Waals surface area contributed by atoms with Crippen LogP contribution in [0.15, 0.2) is 42.5 Å². The van der Waals surface area contributed by atoms with Gasteiger partial charge in [0.25, 0.3) is 0 Å². The van der Waals surface area contributed by atoms with Crippen molar-refractivity contribution in [3.63, 3.8) is 0 Å². The minimum atomic E-state index is -0.207. The quantitative estimate of drug-likeness (QED) is 0.890. The van der Waals surface area contributed by atoms with Gasteiger partial charge in [0, 0.05) is 31.3 Å². The monoisotopic (exact) mass is 354 g/mol. The largest absolute Gasteiger partial charge is 0.496 e. The Morgan fingerprint density at radius 3 is 2.73 bits per heavy atom. The molecular formula is C20H22N2O4. The molecule has 4 rings (SSSR count). The molecule has 2 aromatic rings. The average molecular weight is 354 g/mol. The second-order valence-electron chi connectivity index (χ2n) is 6.48. The van der Waals surface area contributed by atoms with E-state index in [0.717, 1.165) is 29.2 Å². The number of methoxy groups -OCH3 is 1. The lowest BCUT2D eigenvalue weighted by atomic mass is 10.0. The number of piperazine rings is 1. The van der Waals surface area contributed by atoms with Crippen LogP contribution in [0, 0.1) is 0 Å². The number of rotatable bonds is 5. The molecule has 1 fully saturated rings. The van der Waals surface area contributed by atoms with Gasteiger partial charge in [-0.05, 0) is 18.1 Å².